The number of benzene rings is 4. The van der Waals surface area contributed by atoms with Crippen molar-refractivity contribution >= 4 is 160 Å². The van der Waals surface area contributed by atoms with E-state index in [2.05, 4.69) is 77.2 Å². The fourth-order valence-corrected chi connectivity index (χ4v) is 20.1. The van der Waals surface area contributed by atoms with Crippen molar-refractivity contribution in [2.45, 2.75) is 154 Å². The van der Waals surface area contributed by atoms with Crippen LogP contribution >= 0.6 is 0 Å². The third-order valence-electron chi connectivity index (χ3n) is 22.4. The molecule has 8 aromatic rings. The van der Waals surface area contributed by atoms with E-state index in [1.54, 1.807) is 129 Å². The number of aliphatic carboxylic acids is 3. The maximum absolute atomic E-state index is 14.9. The average molecular weight is 2070 g/mol. The molecule has 9 rings (SSSR count). The molecular weight excluding hydrogens is 1950 g/mol. The van der Waals surface area contributed by atoms with Gasteiger partial charge in [0.1, 0.15) is 40.8 Å². The first-order valence-corrected chi connectivity index (χ1v) is 49.6. The zero-order valence-electron chi connectivity index (χ0n) is 76.8. The number of pyridine rings is 2. The Labute approximate surface area is 804 Å². The van der Waals surface area contributed by atoms with Crippen LogP contribution in [0.1, 0.15) is 111 Å². The van der Waals surface area contributed by atoms with Gasteiger partial charge in [-0.1, -0.05) is 54.4 Å². The number of aromatic amines is 2. The van der Waals surface area contributed by atoms with E-state index < -0.39 is 205 Å². The number of carboxylic acid groups (broad SMARTS) is 3. The van der Waals surface area contributed by atoms with Gasteiger partial charge in [0.15, 0.2) is 11.9 Å². The minimum Gasteiger partial charge on any atom is -0.480 e. The first-order valence-electron chi connectivity index (χ1n) is 43.7. The van der Waals surface area contributed by atoms with Gasteiger partial charge in [0.2, 0.25) is 48.6 Å². The van der Waals surface area contributed by atoms with Crippen LogP contribution in [0, 0.1) is 41.5 Å². The zero-order chi connectivity index (χ0) is 100. The second-order valence-corrected chi connectivity index (χ2v) is 38.7. The van der Waals surface area contributed by atoms with Crippen molar-refractivity contribution < 1.29 is 106 Å². The minimum absolute atomic E-state index is 0.00847. The number of nitrogens with zero attached hydrogens (tertiary/aromatic N) is 8. The molecule has 2 radical (unpaired) electrons. The van der Waals surface area contributed by atoms with Crippen molar-refractivity contribution in [3.63, 3.8) is 0 Å². The fraction of sp³-hybridized carbons (Fsp3) is 0.448. The third kappa shape index (κ3) is 32.4. The average Bonchev–Trinajstić information content (AvgIpc) is 0.950. The Morgan fingerprint density at radius 3 is 1.31 bits per heavy atom. The van der Waals surface area contributed by atoms with Crippen LogP contribution in [0.25, 0.3) is 21.8 Å². The summed E-state index contributed by atoms with van der Waals surface area (Å²) in [6.45, 7) is 9.39. The quantitative estimate of drug-likeness (QED) is 0.0159. The maximum atomic E-state index is 14.9. The van der Waals surface area contributed by atoms with E-state index >= 15 is 0 Å². The topological polar surface area (TPSA) is 644 Å². The van der Waals surface area contributed by atoms with Crippen LogP contribution in [0.15, 0.2) is 117 Å². The summed E-state index contributed by atoms with van der Waals surface area (Å²) in [5, 5.41) is 53.8. The van der Waals surface area contributed by atoms with Gasteiger partial charge < -0.3 is 71.8 Å². The number of Topliss-reactive ketones (excluding diaryl/α,β-unsaturated/α-hetero) is 1. The summed E-state index contributed by atoms with van der Waals surface area (Å²) in [6.07, 6.45) is 7.31. The van der Waals surface area contributed by atoms with Gasteiger partial charge in [-0.3, -0.25) is 57.3 Å². The Morgan fingerprint density at radius 1 is 0.504 bits per heavy atom. The number of imidazole rings is 2. The van der Waals surface area contributed by atoms with E-state index in [9.17, 15) is 112 Å². The van der Waals surface area contributed by atoms with Crippen molar-refractivity contribution in [1.82, 2.24) is 95.3 Å². The van der Waals surface area contributed by atoms with Gasteiger partial charge in [-0.25, -0.2) is 26.8 Å². The van der Waals surface area contributed by atoms with Crippen molar-refractivity contribution in [2.24, 2.45) is 0 Å². The monoisotopic (exact) mass is 2060 g/mol. The molecule has 738 valence electrons. The number of aromatic nitrogens is 6. The number of nitrogens with one attached hydrogen (secondary N) is 13. The molecule has 0 aliphatic carbocycles. The Hall–Kier alpha value is -12.4. The van der Waals surface area contributed by atoms with Gasteiger partial charge in [-0.05, 0) is 125 Å². The summed E-state index contributed by atoms with van der Waals surface area (Å²) in [5.41, 5.74) is 2.47. The molecule has 46 nitrogen and oxygen atoms in total. The van der Waals surface area contributed by atoms with Crippen LogP contribution in [-0.2, 0) is 107 Å². The molecule has 5 heterocycles. The SMILES string of the molecule is CC[C@H](NC(=O)CC[C@H](NC(=O)CN1CCN(CC(=O)O)CCN(CC(=O)O)CCN(CC(=O)[O][In])CC1)C(=O)N[C@@H](CS(=O)(=O)O)C(=O)NCCCn1cc(C(=O)NCC(NS(=O)(=O)c2c(C)cc(C)cc2C)C(C)=O)c(=O)c2ccc(CNc3ncc[nH]3)cc21)C(=O)NCCCn1cc(C(=O)NCC(NS(=O)(=O)c2c(C)cc(C)cc2C)C(=O)O)c(=O)c2ccc(CNc3ncc[nH]3)cc21. The van der Waals surface area contributed by atoms with E-state index in [-0.39, 0.29) is 168 Å². The second-order valence-electron chi connectivity index (χ2n) is 33.3. The van der Waals surface area contributed by atoms with E-state index in [0.29, 0.717) is 50.8 Å². The predicted molar refractivity (Wildman–Crippen MR) is 501 cm³/mol. The van der Waals surface area contributed by atoms with Crippen LogP contribution in [0.3, 0.4) is 0 Å². The van der Waals surface area contributed by atoms with Crippen molar-refractivity contribution in [3.05, 3.63) is 174 Å². The van der Waals surface area contributed by atoms with Gasteiger partial charge in [0.25, 0.3) is 21.9 Å². The Bertz CT molecular complexity index is 6220. The molecule has 1 aliphatic rings. The van der Waals surface area contributed by atoms with Crippen LogP contribution in [0.2, 0.25) is 0 Å². The first kappa shape index (κ1) is 108. The number of aryl methyl sites for hydroxylation is 8. The normalized spacial score (nSPS) is 14.5. The minimum atomic E-state index is -5.20. The molecule has 50 heteroatoms. The van der Waals surface area contributed by atoms with Crippen molar-refractivity contribution in [2.75, 3.05) is 121 Å². The van der Waals surface area contributed by atoms with E-state index in [4.69, 9.17) is 2.85 Å². The number of carbonyl (C=O) groups is 12. The van der Waals surface area contributed by atoms with Crippen LogP contribution < -0.4 is 68.2 Å². The molecule has 17 N–H and O–H groups in total. The number of rotatable bonds is 48. The van der Waals surface area contributed by atoms with Gasteiger partial charge >= 0.3 is 199 Å². The van der Waals surface area contributed by atoms with Crippen molar-refractivity contribution in [3.8, 4) is 0 Å². The van der Waals surface area contributed by atoms with Gasteiger partial charge in [0.05, 0.1) is 26.9 Å². The fourth-order valence-electron chi connectivity index (χ4n) is 15.8. The molecule has 1 aliphatic heterocycles. The van der Waals surface area contributed by atoms with Gasteiger partial charge in [-0.15, -0.1) is 0 Å². The molecule has 2 unspecified atom stereocenters. The number of anilines is 2. The summed E-state index contributed by atoms with van der Waals surface area (Å²) >= 11 is 0.113. The number of hydrogen-bond acceptors (Lipinski definition) is 29. The molecule has 1 fully saturated rings. The molecule has 0 saturated carbocycles. The number of ketones is 1. The molecule has 0 bridgehead atoms. The molecule has 1 saturated heterocycles. The number of hydrogen-bond donors (Lipinski definition) is 17. The summed E-state index contributed by atoms with van der Waals surface area (Å²) in [5.74, 6) is -13.0. The van der Waals surface area contributed by atoms with E-state index in [0.717, 1.165) is 18.1 Å². The summed E-state index contributed by atoms with van der Waals surface area (Å²) in [4.78, 5) is 212. The second kappa shape index (κ2) is 50.1. The zero-order valence-corrected chi connectivity index (χ0v) is 82.5. The molecule has 0 spiro atoms. The van der Waals surface area contributed by atoms with Crippen molar-refractivity contribution in [1.29, 1.82) is 0 Å². The Balaban J connectivity index is 0.931. The number of H-pyrrole nitrogens is 2. The number of carboxylic acids is 3. The van der Waals surface area contributed by atoms with Gasteiger partial charge in [0, 0.05) is 107 Å². The summed E-state index contributed by atoms with van der Waals surface area (Å²) in [6, 6.07) is 7.33. The first-order chi connectivity index (χ1) is 64.8. The number of sulfonamides is 2. The number of fused-ring (bicyclic) bond motifs is 2. The van der Waals surface area contributed by atoms with E-state index in [1.165, 1.54) is 46.4 Å². The number of amides is 7. The molecule has 7 amide bonds. The van der Waals surface area contributed by atoms with Gasteiger partial charge in [-0.2, -0.15) is 17.9 Å². The smallest absolute Gasteiger partial charge is 0.480 e. The summed E-state index contributed by atoms with van der Waals surface area (Å²) < 4.78 is 104. The molecule has 5 atom stereocenters. The van der Waals surface area contributed by atoms with Crippen LogP contribution in [0.5, 0.6) is 0 Å². The van der Waals surface area contributed by atoms with E-state index in [1.807, 2.05) is 0 Å². The number of carbonyl (C=O) groups excluding carboxylic acids is 9. The third-order valence-corrected chi connectivity index (χ3v) is 27.4. The Morgan fingerprint density at radius 2 is 0.912 bits per heavy atom. The molecule has 4 aromatic carbocycles. The standard InChI is InChI=1S/C87H115N21O25S3.In/c1-9-64(82(122)88-18-10-24-107-45-63(77(119)61-15-13-59(39-70(61)107)41-97-87-92-22-23-93-87)81(121)95-43-67(85(125)126)102-136(132,133)79-55(6)36-52(3)37-56(79)7)98-71(110)17-16-65(99-72(111)46-103-26-28-104(47-73(112)113)30-32-106(49-75(116)117)33-31-105(29-27-103)48-74(114)115)84(124)100-68(50-134(127,128)129)83(123)89-19-11-25-108-44-62(76(118)60-14-12-58(38-69(60)108)40-96-86-90-20-21-91-86)80(120)94-42-66(57(8)109)101-135(130,131)78-53(4)34-51(2)35-54(78)5;/h12-15,20-23,34-39,44-45,64-68,101-102H,9-11,16-19,24-33,40-43,46-50H2,1-8H3,(H,88,122)(H,89,123)(H,94,120)(H,95,121)(H,98,110)(H,99,111)(H,100,124)(H,112,113)(H,114,115)(H,116,117)(H,125,126)(H2,90,91,96)(H2,92,93,97)(H,127,128,129);/q;+1/p-1/t64-,65-,66?,67?,68-;/m0./s1. The molecule has 4 aromatic heterocycles. The summed E-state index contributed by atoms with van der Waals surface area (Å²) in [7, 11) is -14.1. The molecule has 137 heavy (non-hydrogen) atoms. The Kier molecular flexibility index (Phi) is 39.6. The predicted octanol–water partition coefficient (Wildman–Crippen LogP) is -1.07. The van der Waals surface area contributed by atoms with Crippen LogP contribution in [0.4, 0.5) is 11.9 Å². The molecular formula is C87H114InN21O25S3. The van der Waals surface area contributed by atoms with Crippen LogP contribution in [-0.4, -0.2) is 330 Å².